The molecule has 0 fully saturated rings. The van der Waals surface area contributed by atoms with E-state index in [0.717, 1.165) is 18.4 Å². The quantitative estimate of drug-likeness (QED) is 0.942. The molecule has 0 radical (unpaired) electrons. The molecular weight excluding hydrogens is 317 g/mol. The van der Waals surface area contributed by atoms with Crippen LogP contribution in [-0.4, -0.2) is 20.6 Å². The fourth-order valence-electron chi connectivity index (χ4n) is 1.68. The van der Waals surface area contributed by atoms with Gasteiger partial charge in [-0.1, -0.05) is 17.7 Å². The molecule has 0 atom stereocenters. The van der Waals surface area contributed by atoms with Gasteiger partial charge in [-0.3, -0.25) is 4.79 Å². The first-order chi connectivity index (χ1) is 9.77. The van der Waals surface area contributed by atoms with Crippen LogP contribution in [0.2, 0.25) is 5.02 Å². The maximum atomic E-state index is 12.9. The number of anilines is 1. The normalized spacial score (nSPS) is 11.2. The Morgan fingerprint density at radius 1 is 1.19 bits per heavy atom. The predicted octanol–water partition coefficient (Wildman–Crippen LogP) is 3.13. The van der Waals surface area contributed by atoms with Gasteiger partial charge in [-0.15, -0.1) is 0 Å². The van der Waals surface area contributed by atoms with Crippen LogP contribution in [0.4, 0.5) is 10.1 Å². The third kappa shape index (κ3) is 3.80. The Bertz CT molecular complexity index is 806. The average Bonchev–Trinajstić information content (AvgIpc) is 2.37. The molecular formula is C14H11ClFNO3S. The molecule has 2 rings (SSSR count). The molecule has 1 N–H and O–H groups in total. The minimum absolute atomic E-state index is 0.0215. The van der Waals surface area contributed by atoms with Gasteiger partial charge < -0.3 is 5.32 Å². The van der Waals surface area contributed by atoms with Crippen molar-refractivity contribution in [3.8, 4) is 0 Å². The van der Waals surface area contributed by atoms with Gasteiger partial charge in [0.2, 0.25) is 0 Å². The molecule has 0 aliphatic rings. The van der Waals surface area contributed by atoms with Crippen LogP contribution < -0.4 is 5.32 Å². The SMILES string of the molecule is CS(=O)(=O)c1cccc(NC(=O)c2ccc(F)cc2Cl)c1. The van der Waals surface area contributed by atoms with Crippen LogP contribution in [0.3, 0.4) is 0 Å². The summed E-state index contributed by atoms with van der Waals surface area (Å²) in [5, 5.41) is 2.50. The molecule has 0 aliphatic carbocycles. The highest BCUT2D eigenvalue weighted by Crippen LogP contribution is 2.20. The zero-order valence-corrected chi connectivity index (χ0v) is 12.5. The van der Waals surface area contributed by atoms with E-state index in [0.29, 0.717) is 5.69 Å². The number of sulfone groups is 1. The number of halogens is 2. The second kappa shape index (κ2) is 5.83. The molecule has 0 aliphatic heterocycles. The van der Waals surface area contributed by atoms with Crippen molar-refractivity contribution < 1.29 is 17.6 Å². The van der Waals surface area contributed by atoms with Gasteiger partial charge in [-0.25, -0.2) is 12.8 Å². The fraction of sp³-hybridized carbons (Fsp3) is 0.0714. The van der Waals surface area contributed by atoms with Crippen LogP contribution in [0.5, 0.6) is 0 Å². The highest BCUT2D eigenvalue weighted by molar-refractivity contribution is 7.90. The number of carbonyl (C=O) groups excluding carboxylic acids is 1. The van der Waals surface area contributed by atoms with Crippen molar-refractivity contribution in [2.75, 3.05) is 11.6 Å². The number of carbonyl (C=O) groups is 1. The number of amides is 1. The van der Waals surface area contributed by atoms with E-state index in [-0.39, 0.29) is 15.5 Å². The monoisotopic (exact) mass is 327 g/mol. The molecule has 0 saturated carbocycles. The van der Waals surface area contributed by atoms with Gasteiger partial charge in [-0.05, 0) is 36.4 Å². The van der Waals surface area contributed by atoms with E-state index in [2.05, 4.69) is 5.32 Å². The van der Waals surface area contributed by atoms with Crippen molar-refractivity contribution in [2.24, 2.45) is 0 Å². The average molecular weight is 328 g/mol. The van der Waals surface area contributed by atoms with Gasteiger partial charge in [0.25, 0.3) is 5.91 Å². The molecule has 0 bridgehead atoms. The predicted molar refractivity (Wildman–Crippen MR) is 78.9 cm³/mol. The molecule has 2 aromatic rings. The number of hydrogen-bond acceptors (Lipinski definition) is 3. The fourth-order valence-corrected chi connectivity index (χ4v) is 2.60. The van der Waals surface area contributed by atoms with Crippen molar-refractivity contribution in [3.63, 3.8) is 0 Å². The summed E-state index contributed by atoms with van der Waals surface area (Å²) in [5.41, 5.74) is 0.408. The van der Waals surface area contributed by atoms with Crippen molar-refractivity contribution in [1.29, 1.82) is 0 Å². The molecule has 7 heteroatoms. The number of hydrogen-bond donors (Lipinski definition) is 1. The summed E-state index contributed by atoms with van der Waals surface area (Å²) in [6.45, 7) is 0. The first-order valence-corrected chi connectivity index (χ1v) is 8.11. The standard InChI is InChI=1S/C14H11ClFNO3S/c1-21(19,20)11-4-2-3-10(8-11)17-14(18)12-6-5-9(16)7-13(12)15/h2-8H,1H3,(H,17,18). The zero-order valence-electron chi connectivity index (χ0n) is 10.9. The van der Waals surface area contributed by atoms with E-state index in [1.165, 1.54) is 24.3 Å². The van der Waals surface area contributed by atoms with Gasteiger partial charge in [0.1, 0.15) is 5.82 Å². The summed E-state index contributed by atoms with van der Waals surface area (Å²) in [7, 11) is -3.37. The second-order valence-electron chi connectivity index (χ2n) is 4.38. The summed E-state index contributed by atoms with van der Waals surface area (Å²) >= 11 is 5.80. The molecule has 0 saturated heterocycles. The summed E-state index contributed by atoms with van der Waals surface area (Å²) in [5.74, 6) is -1.10. The van der Waals surface area contributed by atoms with Gasteiger partial charge >= 0.3 is 0 Å². The molecule has 0 unspecified atom stereocenters. The van der Waals surface area contributed by atoms with E-state index in [1.807, 2.05) is 0 Å². The highest BCUT2D eigenvalue weighted by Gasteiger charge is 2.13. The molecule has 2 aromatic carbocycles. The van der Waals surface area contributed by atoms with Crippen LogP contribution in [0.15, 0.2) is 47.4 Å². The van der Waals surface area contributed by atoms with Gasteiger partial charge in [0, 0.05) is 11.9 Å². The van der Waals surface area contributed by atoms with Crippen LogP contribution >= 0.6 is 11.6 Å². The Morgan fingerprint density at radius 3 is 2.52 bits per heavy atom. The third-order valence-electron chi connectivity index (χ3n) is 2.70. The number of nitrogens with one attached hydrogen (secondary N) is 1. The smallest absolute Gasteiger partial charge is 0.257 e. The van der Waals surface area contributed by atoms with Gasteiger partial charge in [-0.2, -0.15) is 0 Å². The third-order valence-corrected chi connectivity index (χ3v) is 4.12. The molecule has 0 aromatic heterocycles. The van der Waals surface area contributed by atoms with E-state index >= 15 is 0 Å². The first-order valence-electron chi connectivity index (χ1n) is 5.84. The summed E-state index contributed by atoms with van der Waals surface area (Å²) in [4.78, 5) is 12.1. The molecule has 21 heavy (non-hydrogen) atoms. The van der Waals surface area contributed by atoms with Crippen LogP contribution in [0, 0.1) is 5.82 Å². The lowest BCUT2D eigenvalue weighted by atomic mass is 10.2. The molecule has 4 nitrogen and oxygen atoms in total. The van der Waals surface area contributed by atoms with Crippen molar-refractivity contribution >= 4 is 33.0 Å². The van der Waals surface area contributed by atoms with Crippen molar-refractivity contribution in [1.82, 2.24) is 0 Å². The summed E-state index contributed by atoms with van der Waals surface area (Å²) in [6.07, 6.45) is 1.07. The lowest BCUT2D eigenvalue weighted by Gasteiger charge is -2.08. The lowest BCUT2D eigenvalue weighted by molar-refractivity contribution is 0.102. The van der Waals surface area contributed by atoms with E-state index in [4.69, 9.17) is 11.6 Å². The second-order valence-corrected chi connectivity index (χ2v) is 6.80. The number of rotatable bonds is 3. The Hall–Kier alpha value is -1.92. The van der Waals surface area contributed by atoms with E-state index in [9.17, 15) is 17.6 Å². The van der Waals surface area contributed by atoms with E-state index in [1.54, 1.807) is 6.07 Å². The maximum Gasteiger partial charge on any atom is 0.257 e. The highest BCUT2D eigenvalue weighted by atomic mass is 35.5. The van der Waals surface area contributed by atoms with E-state index < -0.39 is 21.6 Å². The summed E-state index contributed by atoms with van der Waals surface area (Å²) in [6, 6.07) is 9.23. The lowest BCUT2D eigenvalue weighted by Crippen LogP contribution is -2.13. The van der Waals surface area contributed by atoms with Gasteiger partial charge in [0.15, 0.2) is 9.84 Å². The minimum Gasteiger partial charge on any atom is -0.322 e. The Kier molecular flexibility index (Phi) is 4.29. The van der Waals surface area contributed by atoms with Crippen LogP contribution in [0.1, 0.15) is 10.4 Å². The minimum atomic E-state index is -3.37. The van der Waals surface area contributed by atoms with Gasteiger partial charge in [0.05, 0.1) is 15.5 Å². The Labute approximate surface area is 126 Å². The number of benzene rings is 2. The first kappa shape index (κ1) is 15.5. The zero-order chi connectivity index (χ0) is 15.6. The van der Waals surface area contributed by atoms with Crippen molar-refractivity contribution in [3.05, 3.63) is 58.9 Å². The van der Waals surface area contributed by atoms with Crippen LogP contribution in [-0.2, 0) is 9.84 Å². The molecule has 0 spiro atoms. The summed E-state index contributed by atoms with van der Waals surface area (Å²) < 4.78 is 35.9. The topological polar surface area (TPSA) is 63.2 Å². The Balaban J connectivity index is 2.28. The maximum absolute atomic E-state index is 12.9. The van der Waals surface area contributed by atoms with Crippen LogP contribution in [0.25, 0.3) is 0 Å². The molecule has 1 amide bonds. The largest absolute Gasteiger partial charge is 0.322 e. The molecule has 110 valence electrons. The Morgan fingerprint density at radius 2 is 1.90 bits per heavy atom. The molecule has 0 heterocycles. The van der Waals surface area contributed by atoms with Crippen molar-refractivity contribution in [2.45, 2.75) is 4.90 Å².